The van der Waals surface area contributed by atoms with Crippen LogP contribution in [-0.4, -0.2) is 48.6 Å². The van der Waals surface area contributed by atoms with Gasteiger partial charge < -0.3 is 10.6 Å². The van der Waals surface area contributed by atoms with Crippen LogP contribution >= 0.6 is 0 Å². The summed E-state index contributed by atoms with van der Waals surface area (Å²) in [6.45, 7) is 7.55. The third-order valence-electron chi connectivity index (χ3n) is 5.96. The Bertz CT molecular complexity index is 595. The third-order valence-corrected chi connectivity index (χ3v) is 5.96. The molecule has 1 heterocycles. The summed E-state index contributed by atoms with van der Waals surface area (Å²) in [6.07, 6.45) is 5.31. The van der Waals surface area contributed by atoms with E-state index in [4.69, 9.17) is 4.99 Å². The monoisotopic (exact) mass is 340 g/mol. The predicted molar refractivity (Wildman–Crippen MR) is 104 cm³/mol. The van der Waals surface area contributed by atoms with Gasteiger partial charge in [-0.25, -0.2) is 0 Å². The van der Waals surface area contributed by atoms with E-state index in [9.17, 15) is 0 Å². The predicted octanol–water partition coefficient (Wildman–Crippen LogP) is 2.97. The molecule has 3 aliphatic rings. The van der Waals surface area contributed by atoms with Crippen LogP contribution in [0.1, 0.15) is 51.0 Å². The van der Waals surface area contributed by atoms with E-state index >= 15 is 0 Å². The molecule has 4 rings (SSSR count). The van der Waals surface area contributed by atoms with Crippen LogP contribution in [0.5, 0.6) is 0 Å². The Morgan fingerprint density at radius 1 is 1.20 bits per heavy atom. The zero-order chi connectivity index (χ0) is 17.2. The number of hydrogen-bond donors (Lipinski definition) is 2. The normalized spacial score (nSPS) is 32.6. The number of guanidine groups is 1. The van der Waals surface area contributed by atoms with E-state index in [-0.39, 0.29) is 0 Å². The molecule has 4 atom stereocenters. The highest BCUT2D eigenvalue weighted by Gasteiger charge is 2.39. The van der Waals surface area contributed by atoms with Gasteiger partial charge in [-0.3, -0.25) is 9.89 Å². The number of aliphatic imine (C=N–C) groups is 1. The molecule has 0 aromatic heterocycles. The standard InChI is InChI=1S/C21H32N4/c1-3-22-21(24-18-11-15(2)25(14-18)19-9-10-19)23-13-17-12-20(17)16-7-5-4-6-8-16/h4-8,15,17-20H,3,9-14H2,1-2H3,(H2,22,23,24). The molecule has 0 radical (unpaired) electrons. The summed E-state index contributed by atoms with van der Waals surface area (Å²) in [4.78, 5) is 7.59. The molecule has 3 fully saturated rings. The fraction of sp³-hybridized carbons (Fsp3) is 0.667. The Kier molecular flexibility index (Phi) is 4.98. The van der Waals surface area contributed by atoms with Crippen LogP contribution in [0.15, 0.2) is 35.3 Å². The lowest BCUT2D eigenvalue weighted by Gasteiger charge is -2.20. The van der Waals surface area contributed by atoms with Crippen molar-refractivity contribution >= 4 is 5.96 Å². The number of rotatable bonds is 6. The minimum Gasteiger partial charge on any atom is -0.357 e. The second kappa shape index (κ2) is 7.36. The largest absolute Gasteiger partial charge is 0.357 e. The second-order valence-electron chi connectivity index (χ2n) is 8.09. The van der Waals surface area contributed by atoms with Crippen LogP contribution in [0.2, 0.25) is 0 Å². The van der Waals surface area contributed by atoms with Crippen LogP contribution in [0.25, 0.3) is 0 Å². The van der Waals surface area contributed by atoms with Crippen LogP contribution in [-0.2, 0) is 0 Å². The van der Waals surface area contributed by atoms with Crippen LogP contribution in [0, 0.1) is 5.92 Å². The third kappa shape index (κ3) is 4.17. The van der Waals surface area contributed by atoms with Crippen molar-refractivity contribution in [1.29, 1.82) is 0 Å². The SMILES string of the molecule is CCNC(=NCC1CC1c1ccccc1)NC1CC(C)N(C2CC2)C1. The van der Waals surface area contributed by atoms with E-state index in [1.165, 1.54) is 37.8 Å². The van der Waals surface area contributed by atoms with Crippen molar-refractivity contribution in [3.05, 3.63) is 35.9 Å². The molecule has 0 amide bonds. The number of likely N-dealkylation sites (tertiary alicyclic amines) is 1. The maximum Gasteiger partial charge on any atom is 0.191 e. The number of nitrogens with one attached hydrogen (secondary N) is 2. The summed E-state index contributed by atoms with van der Waals surface area (Å²) in [5.41, 5.74) is 1.48. The van der Waals surface area contributed by atoms with Crippen molar-refractivity contribution in [3.8, 4) is 0 Å². The van der Waals surface area contributed by atoms with Crippen molar-refractivity contribution in [2.45, 2.75) is 63.6 Å². The fourth-order valence-electron chi connectivity index (χ4n) is 4.36. The van der Waals surface area contributed by atoms with Crippen molar-refractivity contribution in [2.75, 3.05) is 19.6 Å². The van der Waals surface area contributed by atoms with Gasteiger partial charge in [-0.05, 0) is 56.9 Å². The lowest BCUT2D eigenvalue weighted by Crippen LogP contribution is -2.44. The molecular formula is C21H32N4. The van der Waals surface area contributed by atoms with Gasteiger partial charge in [-0.1, -0.05) is 30.3 Å². The number of benzene rings is 1. The first kappa shape index (κ1) is 16.9. The fourth-order valence-corrected chi connectivity index (χ4v) is 4.36. The van der Waals surface area contributed by atoms with Gasteiger partial charge in [0.25, 0.3) is 0 Å². The average Bonchev–Trinajstić information content (AvgIpc) is 3.53. The van der Waals surface area contributed by atoms with Gasteiger partial charge in [0.15, 0.2) is 5.96 Å². The first-order valence-corrected chi connectivity index (χ1v) is 10.1. The van der Waals surface area contributed by atoms with E-state index in [0.29, 0.717) is 23.9 Å². The smallest absolute Gasteiger partial charge is 0.191 e. The molecule has 2 aliphatic carbocycles. The Balaban J connectivity index is 1.30. The first-order chi connectivity index (χ1) is 12.2. The first-order valence-electron chi connectivity index (χ1n) is 10.1. The molecule has 1 aliphatic heterocycles. The molecule has 2 N–H and O–H groups in total. The zero-order valence-corrected chi connectivity index (χ0v) is 15.6. The molecule has 0 bridgehead atoms. The number of nitrogens with zero attached hydrogens (tertiary/aromatic N) is 2. The molecule has 136 valence electrons. The highest BCUT2D eigenvalue weighted by molar-refractivity contribution is 5.80. The summed E-state index contributed by atoms with van der Waals surface area (Å²) in [5.74, 6) is 2.43. The molecule has 1 aromatic carbocycles. The highest BCUT2D eigenvalue weighted by atomic mass is 15.3. The van der Waals surface area contributed by atoms with E-state index in [1.54, 1.807) is 0 Å². The van der Waals surface area contributed by atoms with E-state index in [1.807, 2.05) is 0 Å². The minimum absolute atomic E-state index is 0.539. The van der Waals surface area contributed by atoms with Gasteiger partial charge in [0.1, 0.15) is 0 Å². The van der Waals surface area contributed by atoms with Gasteiger partial charge in [0.05, 0.1) is 0 Å². The molecule has 1 aromatic rings. The Labute approximate surface area is 152 Å². The maximum atomic E-state index is 4.90. The summed E-state index contributed by atoms with van der Waals surface area (Å²) < 4.78 is 0. The highest BCUT2D eigenvalue weighted by Crippen LogP contribution is 2.47. The quantitative estimate of drug-likeness (QED) is 0.618. The summed E-state index contributed by atoms with van der Waals surface area (Å²) >= 11 is 0. The van der Waals surface area contributed by atoms with Gasteiger partial charge in [0.2, 0.25) is 0 Å². The van der Waals surface area contributed by atoms with E-state index < -0.39 is 0 Å². The molecule has 4 unspecified atom stereocenters. The van der Waals surface area contributed by atoms with Crippen molar-refractivity contribution in [2.24, 2.45) is 10.9 Å². The molecule has 25 heavy (non-hydrogen) atoms. The lowest BCUT2D eigenvalue weighted by atomic mass is 10.1. The number of hydrogen-bond acceptors (Lipinski definition) is 2. The topological polar surface area (TPSA) is 39.7 Å². The Morgan fingerprint density at radius 2 is 2.00 bits per heavy atom. The van der Waals surface area contributed by atoms with Crippen LogP contribution in [0.3, 0.4) is 0 Å². The summed E-state index contributed by atoms with van der Waals surface area (Å²) in [7, 11) is 0. The average molecular weight is 341 g/mol. The Morgan fingerprint density at radius 3 is 2.72 bits per heavy atom. The van der Waals surface area contributed by atoms with Gasteiger partial charge in [-0.2, -0.15) is 0 Å². The molecule has 4 nitrogen and oxygen atoms in total. The van der Waals surface area contributed by atoms with Crippen molar-refractivity contribution in [3.63, 3.8) is 0 Å². The van der Waals surface area contributed by atoms with Crippen molar-refractivity contribution < 1.29 is 0 Å². The minimum atomic E-state index is 0.539. The van der Waals surface area contributed by atoms with E-state index in [2.05, 4.69) is 59.7 Å². The maximum absolute atomic E-state index is 4.90. The summed E-state index contributed by atoms with van der Waals surface area (Å²) in [6, 6.07) is 13.0. The second-order valence-corrected chi connectivity index (χ2v) is 8.09. The molecule has 0 spiro atoms. The summed E-state index contributed by atoms with van der Waals surface area (Å²) in [5, 5.41) is 7.14. The van der Waals surface area contributed by atoms with Gasteiger partial charge in [-0.15, -0.1) is 0 Å². The Hall–Kier alpha value is -1.55. The van der Waals surface area contributed by atoms with E-state index in [0.717, 1.165) is 25.1 Å². The van der Waals surface area contributed by atoms with Crippen molar-refractivity contribution in [1.82, 2.24) is 15.5 Å². The van der Waals surface area contributed by atoms with Crippen LogP contribution < -0.4 is 10.6 Å². The van der Waals surface area contributed by atoms with Crippen LogP contribution in [0.4, 0.5) is 0 Å². The zero-order valence-electron chi connectivity index (χ0n) is 15.6. The lowest BCUT2D eigenvalue weighted by molar-refractivity contribution is 0.256. The molecule has 1 saturated heterocycles. The van der Waals surface area contributed by atoms with Gasteiger partial charge in [0, 0.05) is 37.8 Å². The molecular weight excluding hydrogens is 308 g/mol. The molecule has 4 heteroatoms. The molecule has 2 saturated carbocycles. The van der Waals surface area contributed by atoms with Gasteiger partial charge >= 0.3 is 0 Å².